The second-order valence-corrected chi connectivity index (χ2v) is 2.69. The number of hydrogen-bond donors (Lipinski definition) is 1. The van der Waals surface area contributed by atoms with Crippen molar-refractivity contribution in [3.05, 3.63) is 48.0 Å². The van der Waals surface area contributed by atoms with Gasteiger partial charge in [0.25, 0.3) is 0 Å². The van der Waals surface area contributed by atoms with Crippen molar-refractivity contribution in [1.29, 1.82) is 0 Å². The molecule has 1 aromatic rings. The molecule has 12 heavy (non-hydrogen) atoms. The monoisotopic (exact) mass is 160 g/mol. The van der Waals surface area contributed by atoms with Crippen LogP contribution >= 0.6 is 0 Å². The molecule has 0 aliphatic rings. The van der Waals surface area contributed by atoms with Gasteiger partial charge < -0.3 is 5.11 Å². The van der Waals surface area contributed by atoms with Gasteiger partial charge in [-0.25, -0.2) is 0 Å². The fourth-order valence-corrected chi connectivity index (χ4v) is 1.20. The summed E-state index contributed by atoms with van der Waals surface area (Å²) in [5.74, 6) is 0.0913. The van der Waals surface area contributed by atoms with Crippen molar-refractivity contribution in [2.45, 2.75) is 6.92 Å². The van der Waals surface area contributed by atoms with E-state index in [9.17, 15) is 5.11 Å². The van der Waals surface area contributed by atoms with Crippen molar-refractivity contribution in [2.75, 3.05) is 0 Å². The molecule has 0 saturated heterocycles. The van der Waals surface area contributed by atoms with Crippen molar-refractivity contribution in [1.82, 2.24) is 0 Å². The molecule has 1 aromatic carbocycles. The molecule has 0 fully saturated rings. The van der Waals surface area contributed by atoms with E-state index in [1.807, 2.05) is 25.1 Å². The molecule has 0 saturated carbocycles. The van der Waals surface area contributed by atoms with Gasteiger partial charge in [-0.3, -0.25) is 0 Å². The smallest absolute Gasteiger partial charge is 0.116 e. The third-order valence-corrected chi connectivity index (χ3v) is 1.84. The van der Waals surface area contributed by atoms with Crippen LogP contribution in [0.5, 0.6) is 0 Å². The first-order valence-electron chi connectivity index (χ1n) is 3.77. The Morgan fingerprint density at radius 3 is 2.58 bits per heavy atom. The number of rotatable bonds is 2. The Bertz CT molecular complexity index is 324. The average Bonchev–Trinajstić information content (AvgIpc) is 2.03. The zero-order valence-corrected chi connectivity index (χ0v) is 7.17. The Labute approximate surface area is 72.7 Å². The van der Waals surface area contributed by atoms with Crippen molar-refractivity contribution in [2.24, 2.45) is 0 Å². The van der Waals surface area contributed by atoms with Gasteiger partial charge in [0.2, 0.25) is 0 Å². The van der Waals surface area contributed by atoms with Crippen LogP contribution in [0.1, 0.15) is 16.7 Å². The van der Waals surface area contributed by atoms with Gasteiger partial charge in [0.15, 0.2) is 0 Å². The zero-order chi connectivity index (χ0) is 9.14. The van der Waals surface area contributed by atoms with E-state index in [4.69, 9.17) is 0 Å². The van der Waals surface area contributed by atoms with E-state index in [1.54, 1.807) is 6.08 Å². The lowest BCUT2D eigenvalue weighted by Gasteiger charge is -2.06. The summed E-state index contributed by atoms with van der Waals surface area (Å²) >= 11 is 0. The first kappa shape index (κ1) is 8.60. The molecule has 0 amide bonds. The highest BCUT2D eigenvalue weighted by Crippen LogP contribution is 2.19. The summed E-state index contributed by atoms with van der Waals surface area (Å²) in [4.78, 5) is 0. The second-order valence-electron chi connectivity index (χ2n) is 2.69. The van der Waals surface area contributed by atoms with Crippen LogP contribution in [0.25, 0.3) is 11.8 Å². The molecule has 1 heteroatoms. The number of aliphatic hydroxyl groups excluding tert-OH is 1. The molecule has 0 unspecified atom stereocenters. The average molecular weight is 160 g/mol. The molecule has 1 rings (SSSR count). The van der Waals surface area contributed by atoms with E-state index in [-0.39, 0.29) is 5.76 Å². The van der Waals surface area contributed by atoms with Gasteiger partial charge in [-0.1, -0.05) is 37.4 Å². The van der Waals surface area contributed by atoms with Crippen molar-refractivity contribution < 1.29 is 5.11 Å². The minimum Gasteiger partial charge on any atom is -0.508 e. The summed E-state index contributed by atoms with van der Waals surface area (Å²) in [7, 11) is 0. The standard InChI is InChI=1S/C11H12O/c1-4-10-8(2)6-5-7-11(10)9(3)12/h4-7,12H,1,3H2,2H3. The van der Waals surface area contributed by atoms with E-state index in [2.05, 4.69) is 13.2 Å². The highest BCUT2D eigenvalue weighted by Gasteiger charge is 2.03. The minimum absolute atomic E-state index is 0.0913. The number of aryl methyl sites for hydroxylation is 1. The zero-order valence-electron chi connectivity index (χ0n) is 7.17. The molecule has 0 radical (unpaired) electrons. The van der Waals surface area contributed by atoms with Gasteiger partial charge in [0, 0.05) is 5.56 Å². The Hall–Kier alpha value is -1.50. The van der Waals surface area contributed by atoms with Gasteiger partial charge in [0.05, 0.1) is 0 Å². The normalized spacial score (nSPS) is 9.42. The first-order chi connectivity index (χ1) is 5.66. The summed E-state index contributed by atoms with van der Waals surface area (Å²) in [6.07, 6.45) is 1.73. The van der Waals surface area contributed by atoms with Crippen LogP contribution in [0.4, 0.5) is 0 Å². The molecule has 0 atom stereocenters. The predicted octanol–water partition coefficient (Wildman–Crippen LogP) is 3.17. The van der Waals surface area contributed by atoms with Crippen LogP contribution < -0.4 is 0 Å². The summed E-state index contributed by atoms with van der Waals surface area (Å²) < 4.78 is 0. The summed E-state index contributed by atoms with van der Waals surface area (Å²) in [5, 5.41) is 9.22. The summed E-state index contributed by atoms with van der Waals surface area (Å²) in [5.41, 5.74) is 2.80. The van der Waals surface area contributed by atoms with Crippen LogP contribution in [0.2, 0.25) is 0 Å². The minimum atomic E-state index is 0.0913. The second kappa shape index (κ2) is 3.26. The molecular formula is C11H12O. The van der Waals surface area contributed by atoms with E-state index in [0.29, 0.717) is 0 Å². The number of hydrogen-bond acceptors (Lipinski definition) is 1. The molecule has 0 spiro atoms. The van der Waals surface area contributed by atoms with E-state index >= 15 is 0 Å². The van der Waals surface area contributed by atoms with Gasteiger partial charge in [0.1, 0.15) is 5.76 Å². The third-order valence-electron chi connectivity index (χ3n) is 1.84. The number of benzene rings is 1. The van der Waals surface area contributed by atoms with Crippen LogP contribution in [-0.2, 0) is 0 Å². The fraction of sp³-hybridized carbons (Fsp3) is 0.0909. The Kier molecular flexibility index (Phi) is 2.34. The molecule has 0 aromatic heterocycles. The third kappa shape index (κ3) is 1.40. The molecule has 0 aliphatic carbocycles. The van der Waals surface area contributed by atoms with Crippen molar-refractivity contribution >= 4 is 11.8 Å². The predicted molar refractivity (Wildman–Crippen MR) is 52.9 cm³/mol. The Morgan fingerprint density at radius 1 is 1.50 bits per heavy atom. The molecule has 0 heterocycles. The van der Waals surface area contributed by atoms with E-state index < -0.39 is 0 Å². The fourth-order valence-electron chi connectivity index (χ4n) is 1.20. The Morgan fingerprint density at radius 2 is 2.17 bits per heavy atom. The quantitative estimate of drug-likeness (QED) is 0.659. The highest BCUT2D eigenvalue weighted by molar-refractivity contribution is 5.70. The molecular weight excluding hydrogens is 148 g/mol. The molecule has 0 bridgehead atoms. The maximum atomic E-state index is 9.22. The van der Waals surface area contributed by atoms with Gasteiger partial charge in [-0.2, -0.15) is 0 Å². The van der Waals surface area contributed by atoms with E-state index in [0.717, 1.165) is 16.7 Å². The van der Waals surface area contributed by atoms with Crippen LogP contribution in [-0.4, -0.2) is 5.11 Å². The maximum absolute atomic E-state index is 9.22. The Balaban J connectivity index is 3.37. The molecule has 1 nitrogen and oxygen atoms in total. The summed E-state index contributed by atoms with van der Waals surface area (Å²) in [6.45, 7) is 9.14. The largest absolute Gasteiger partial charge is 0.508 e. The van der Waals surface area contributed by atoms with E-state index in [1.165, 1.54) is 0 Å². The molecule has 1 N–H and O–H groups in total. The topological polar surface area (TPSA) is 20.2 Å². The van der Waals surface area contributed by atoms with Gasteiger partial charge >= 0.3 is 0 Å². The first-order valence-corrected chi connectivity index (χ1v) is 3.77. The van der Waals surface area contributed by atoms with Crippen LogP contribution in [0.15, 0.2) is 31.4 Å². The molecule has 0 aliphatic heterocycles. The van der Waals surface area contributed by atoms with Crippen LogP contribution in [0, 0.1) is 6.92 Å². The lowest BCUT2D eigenvalue weighted by molar-refractivity contribution is 0.513. The SMILES string of the molecule is C=Cc1c(C)cccc1C(=C)O. The van der Waals surface area contributed by atoms with Gasteiger partial charge in [-0.05, 0) is 18.1 Å². The highest BCUT2D eigenvalue weighted by atomic mass is 16.3. The van der Waals surface area contributed by atoms with Crippen molar-refractivity contribution in [3.8, 4) is 0 Å². The number of aliphatic hydroxyl groups is 1. The summed E-state index contributed by atoms with van der Waals surface area (Å²) in [6, 6.07) is 5.69. The lowest BCUT2D eigenvalue weighted by Crippen LogP contribution is -1.89. The van der Waals surface area contributed by atoms with Crippen molar-refractivity contribution in [3.63, 3.8) is 0 Å². The van der Waals surface area contributed by atoms with Gasteiger partial charge in [-0.15, -0.1) is 0 Å². The lowest BCUT2D eigenvalue weighted by atomic mass is 10.0. The maximum Gasteiger partial charge on any atom is 0.116 e. The van der Waals surface area contributed by atoms with Crippen LogP contribution in [0.3, 0.4) is 0 Å². The molecule has 62 valence electrons.